The number of benzene rings is 1. The van der Waals surface area contributed by atoms with Gasteiger partial charge in [-0.05, 0) is 12.1 Å². The first-order chi connectivity index (χ1) is 6.79. The van der Waals surface area contributed by atoms with Crippen LogP contribution in [0, 0.1) is 0 Å². The average molecular weight is 187 g/mol. The number of rotatable bonds is 2. The second-order valence-corrected chi connectivity index (χ2v) is 3.52. The molecule has 2 rings (SSSR count). The molecule has 0 amide bonds. The lowest BCUT2D eigenvalue weighted by molar-refractivity contribution is 0.714. The SMILES string of the molecule is CC(C)c1ncnn1-c1ccccc1. The van der Waals surface area contributed by atoms with Crippen molar-refractivity contribution >= 4 is 0 Å². The molecule has 0 radical (unpaired) electrons. The lowest BCUT2D eigenvalue weighted by Gasteiger charge is -2.07. The van der Waals surface area contributed by atoms with Crippen LogP contribution < -0.4 is 0 Å². The molecule has 0 aliphatic rings. The Kier molecular flexibility index (Phi) is 2.31. The molecule has 2 aromatic rings. The Hall–Kier alpha value is -1.64. The van der Waals surface area contributed by atoms with E-state index in [0.29, 0.717) is 5.92 Å². The summed E-state index contributed by atoms with van der Waals surface area (Å²) in [7, 11) is 0. The summed E-state index contributed by atoms with van der Waals surface area (Å²) in [6.07, 6.45) is 1.60. The number of hydrogen-bond acceptors (Lipinski definition) is 2. The minimum atomic E-state index is 0.387. The first kappa shape index (κ1) is 8.94. The minimum absolute atomic E-state index is 0.387. The van der Waals surface area contributed by atoms with Gasteiger partial charge in [0.05, 0.1) is 5.69 Å². The smallest absolute Gasteiger partial charge is 0.138 e. The summed E-state index contributed by atoms with van der Waals surface area (Å²) in [6.45, 7) is 4.23. The van der Waals surface area contributed by atoms with Gasteiger partial charge in [-0.1, -0.05) is 32.0 Å². The Bertz CT molecular complexity index is 403. The molecule has 1 heterocycles. The van der Waals surface area contributed by atoms with E-state index in [2.05, 4.69) is 23.9 Å². The van der Waals surface area contributed by atoms with E-state index in [1.807, 2.05) is 35.0 Å². The van der Waals surface area contributed by atoms with Gasteiger partial charge in [0.15, 0.2) is 0 Å². The van der Waals surface area contributed by atoms with E-state index < -0.39 is 0 Å². The van der Waals surface area contributed by atoms with Gasteiger partial charge in [-0.3, -0.25) is 0 Å². The van der Waals surface area contributed by atoms with Crippen molar-refractivity contribution in [3.63, 3.8) is 0 Å². The van der Waals surface area contributed by atoms with Gasteiger partial charge in [0.25, 0.3) is 0 Å². The van der Waals surface area contributed by atoms with E-state index in [0.717, 1.165) is 11.5 Å². The molecule has 0 unspecified atom stereocenters. The Morgan fingerprint density at radius 1 is 1.14 bits per heavy atom. The van der Waals surface area contributed by atoms with Crippen LogP contribution in [0.2, 0.25) is 0 Å². The van der Waals surface area contributed by atoms with Crippen molar-refractivity contribution in [3.8, 4) is 5.69 Å². The van der Waals surface area contributed by atoms with Gasteiger partial charge in [0, 0.05) is 5.92 Å². The number of aromatic nitrogens is 3. The van der Waals surface area contributed by atoms with Gasteiger partial charge in [-0.2, -0.15) is 5.10 Å². The Morgan fingerprint density at radius 3 is 2.50 bits per heavy atom. The minimum Gasteiger partial charge on any atom is -0.219 e. The summed E-state index contributed by atoms with van der Waals surface area (Å²) in [4.78, 5) is 4.24. The van der Waals surface area contributed by atoms with Crippen LogP contribution in [-0.2, 0) is 0 Å². The van der Waals surface area contributed by atoms with Crippen LogP contribution >= 0.6 is 0 Å². The zero-order chi connectivity index (χ0) is 9.97. The van der Waals surface area contributed by atoms with Gasteiger partial charge < -0.3 is 0 Å². The number of nitrogens with zero attached hydrogens (tertiary/aromatic N) is 3. The summed E-state index contributed by atoms with van der Waals surface area (Å²) < 4.78 is 1.88. The Balaban J connectivity index is 2.47. The van der Waals surface area contributed by atoms with Crippen LogP contribution in [0.3, 0.4) is 0 Å². The molecule has 0 bridgehead atoms. The zero-order valence-electron chi connectivity index (χ0n) is 8.38. The topological polar surface area (TPSA) is 30.7 Å². The molecule has 0 saturated heterocycles. The largest absolute Gasteiger partial charge is 0.219 e. The molecule has 0 atom stereocenters. The Morgan fingerprint density at radius 2 is 1.86 bits per heavy atom. The zero-order valence-corrected chi connectivity index (χ0v) is 8.38. The van der Waals surface area contributed by atoms with Crippen LogP contribution in [0.15, 0.2) is 36.7 Å². The monoisotopic (exact) mass is 187 g/mol. The van der Waals surface area contributed by atoms with Crippen molar-refractivity contribution in [1.82, 2.24) is 14.8 Å². The fraction of sp³-hybridized carbons (Fsp3) is 0.273. The van der Waals surface area contributed by atoms with E-state index in [-0.39, 0.29) is 0 Å². The Labute approximate surface area is 83.4 Å². The fourth-order valence-electron chi connectivity index (χ4n) is 1.41. The molecule has 1 aromatic heterocycles. The highest BCUT2D eigenvalue weighted by Crippen LogP contribution is 2.14. The highest BCUT2D eigenvalue weighted by atomic mass is 15.3. The van der Waals surface area contributed by atoms with E-state index >= 15 is 0 Å². The lowest BCUT2D eigenvalue weighted by atomic mass is 10.2. The van der Waals surface area contributed by atoms with Gasteiger partial charge in [0.1, 0.15) is 12.2 Å². The molecule has 0 aliphatic carbocycles. The summed E-state index contributed by atoms with van der Waals surface area (Å²) in [5, 5.41) is 4.21. The summed E-state index contributed by atoms with van der Waals surface area (Å²) in [5.74, 6) is 1.38. The van der Waals surface area contributed by atoms with Crippen molar-refractivity contribution < 1.29 is 0 Å². The molecule has 0 N–H and O–H groups in total. The normalized spacial score (nSPS) is 10.8. The maximum absolute atomic E-state index is 4.24. The van der Waals surface area contributed by atoms with Crippen molar-refractivity contribution in [2.45, 2.75) is 19.8 Å². The third kappa shape index (κ3) is 1.53. The van der Waals surface area contributed by atoms with E-state index in [1.165, 1.54) is 0 Å². The predicted molar refractivity (Wildman–Crippen MR) is 55.4 cm³/mol. The number of hydrogen-bond donors (Lipinski definition) is 0. The third-order valence-electron chi connectivity index (χ3n) is 2.09. The van der Waals surface area contributed by atoms with Gasteiger partial charge in [-0.25, -0.2) is 9.67 Å². The van der Waals surface area contributed by atoms with Crippen molar-refractivity contribution in [1.29, 1.82) is 0 Å². The quantitative estimate of drug-likeness (QED) is 0.722. The molecule has 1 aromatic carbocycles. The molecule has 14 heavy (non-hydrogen) atoms. The predicted octanol–water partition coefficient (Wildman–Crippen LogP) is 2.39. The second-order valence-electron chi connectivity index (χ2n) is 3.52. The first-order valence-corrected chi connectivity index (χ1v) is 4.74. The van der Waals surface area contributed by atoms with Crippen LogP contribution in [-0.4, -0.2) is 14.8 Å². The van der Waals surface area contributed by atoms with Crippen molar-refractivity contribution in [2.75, 3.05) is 0 Å². The molecule has 0 saturated carbocycles. The molecule has 0 fully saturated rings. The van der Waals surface area contributed by atoms with Gasteiger partial charge >= 0.3 is 0 Å². The summed E-state index contributed by atoms with van der Waals surface area (Å²) in [5.41, 5.74) is 1.06. The summed E-state index contributed by atoms with van der Waals surface area (Å²) in [6, 6.07) is 10.1. The highest BCUT2D eigenvalue weighted by Gasteiger charge is 2.08. The van der Waals surface area contributed by atoms with Crippen LogP contribution in [0.5, 0.6) is 0 Å². The maximum atomic E-state index is 4.24. The molecular formula is C11H13N3. The molecule has 3 heteroatoms. The number of para-hydroxylation sites is 1. The average Bonchev–Trinajstić information content (AvgIpc) is 2.67. The van der Waals surface area contributed by atoms with Crippen molar-refractivity contribution in [2.24, 2.45) is 0 Å². The molecule has 0 aliphatic heterocycles. The van der Waals surface area contributed by atoms with Crippen LogP contribution in [0.4, 0.5) is 0 Å². The molecule has 3 nitrogen and oxygen atoms in total. The van der Waals surface area contributed by atoms with Crippen LogP contribution in [0.1, 0.15) is 25.6 Å². The van der Waals surface area contributed by atoms with Gasteiger partial charge in [-0.15, -0.1) is 0 Å². The van der Waals surface area contributed by atoms with E-state index in [9.17, 15) is 0 Å². The summed E-state index contributed by atoms with van der Waals surface area (Å²) >= 11 is 0. The molecule has 0 spiro atoms. The van der Waals surface area contributed by atoms with E-state index in [4.69, 9.17) is 0 Å². The first-order valence-electron chi connectivity index (χ1n) is 4.74. The fourth-order valence-corrected chi connectivity index (χ4v) is 1.41. The lowest BCUT2D eigenvalue weighted by Crippen LogP contribution is -2.04. The maximum Gasteiger partial charge on any atom is 0.138 e. The highest BCUT2D eigenvalue weighted by molar-refractivity contribution is 5.31. The third-order valence-corrected chi connectivity index (χ3v) is 2.09. The standard InChI is InChI=1S/C11H13N3/c1-9(2)11-12-8-13-14(11)10-6-4-3-5-7-10/h3-9H,1-2H3. The van der Waals surface area contributed by atoms with Gasteiger partial charge in [0.2, 0.25) is 0 Å². The van der Waals surface area contributed by atoms with Crippen LogP contribution in [0.25, 0.3) is 5.69 Å². The molecular weight excluding hydrogens is 174 g/mol. The second kappa shape index (κ2) is 3.62. The molecule has 72 valence electrons. The van der Waals surface area contributed by atoms with Crippen molar-refractivity contribution in [3.05, 3.63) is 42.5 Å². The van der Waals surface area contributed by atoms with E-state index in [1.54, 1.807) is 6.33 Å².